The Balaban J connectivity index is 0.00000144. The van der Waals surface area contributed by atoms with Gasteiger partial charge in [0.15, 0.2) is 0 Å². The van der Waals surface area contributed by atoms with E-state index >= 15 is 0 Å². The van der Waals surface area contributed by atoms with Crippen molar-refractivity contribution in [3.8, 4) is 0 Å². The van der Waals surface area contributed by atoms with Gasteiger partial charge in [0, 0.05) is 18.5 Å². The summed E-state index contributed by atoms with van der Waals surface area (Å²) in [6, 6.07) is 8.88. The second kappa shape index (κ2) is 6.59. The highest BCUT2D eigenvalue weighted by atomic mass is 35.5. The first-order valence-electron chi connectivity index (χ1n) is 8.42. The van der Waals surface area contributed by atoms with Crippen LogP contribution in [0.15, 0.2) is 24.3 Å². The van der Waals surface area contributed by atoms with E-state index in [1.807, 2.05) is 0 Å². The Bertz CT molecular complexity index is 528. The van der Waals surface area contributed by atoms with E-state index in [4.69, 9.17) is 0 Å². The summed E-state index contributed by atoms with van der Waals surface area (Å²) < 4.78 is 0. The van der Waals surface area contributed by atoms with Gasteiger partial charge in [-0.15, -0.1) is 12.4 Å². The topological polar surface area (TPSA) is 41.1 Å². The van der Waals surface area contributed by atoms with Gasteiger partial charge in [0.25, 0.3) is 0 Å². The van der Waals surface area contributed by atoms with Gasteiger partial charge in [-0.3, -0.25) is 4.79 Å². The molecule has 120 valence electrons. The minimum absolute atomic E-state index is 0. The minimum Gasteiger partial charge on any atom is -0.354 e. The predicted octanol–water partition coefficient (Wildman–Crippen LogP) is 2.85. The number of rotatable bonds is 5. The van der Waals surface area contributed by atoms with Gasteiger partial charge in [0.1, 0.15) is 0 Å². The lowest BCUT2D eigenvalue weighted by Gasteiger charge is -2.28. The molecule has 3 nitrogen and oxygen atoms in total. The van der Waals surface area contributed by atoms with Gasteiger partial charge >= 0.3 is 0 Å². The van der Waals surface area contributed by atoms with Crippen molar-refractivity contribution in [3.63, 3.8) is 0 Å². The van der Waals surface area contributed by atoms with Crippen LogP contribution in [0.1, 0.15) is 42.9 Å². The summed E-state index contributed by atoms with van der Waals surface area (Å²) in [5, 5.41) is 6.78. The third kappa shape index (κ3) is 3.31. The fourth-order valence-electron chi connectivity index (χ4n) is 3.82. The predicted molar refractivity (Wildman–Crippen MR) is 90.1 cm³/mol. The molecule has 2 fully saturated rings. The molecule has 22 heavy (non-hydrogen) atoms. The first kappa shape index (κ1) is 15.8. The molecule has 2 saturated carbocycles. The fraction of sp³-hybridized carbons (Fsp3) is 0.611. The molecule has 1 aromatic carbocycles. The maximum atomic E-state index is 12.5. The highest BCUT2D eigenvalue weighted by Crippen LogP contribution is 2.49. The van der Waals surface area contributed by atoms with E-state index in [0.717, 1.165) is 19.5 Å². The number of fused-ring (bicyclic) bond motifs is 1. The molecule has 1 unspecified atom stereocenters. The summed E-state index contributed by atoms with van der Waals surface area (Å²) in [5.41, 5.74) is 2.79. The lowest BCUT2D eigenvalue weighted by atomic mass is 9.93. The number of amides is 1. The number of halogens is 1. The molecule has 4 heteroatoms. The molecule has 2 aliphatic carbocycles. The van der Waals surface area contributed by atoms with Crippen molar-refractivity contribution in [2.75, 3.05) is 13.1 Å². The van der Waals surface area contributed by atoms with Crippen LogP contribution in [-0.4, -0.2) is 19.0 Å². The van der Waals surface area contributed by atoms with Crippen LogP contribution in [0.5, 0.6) is 0 Å². The lowest BCUT2D eigenvalue weighted by molar-refractivity contribution is -0.126. The number of carbonyl (C=O) groups is 1. The second-order valence-electron chi connectivity index (χ2n) is 6.90. The smallest absolute Gasteiger partial charge is 0.223 e. The average molecular weight is 321 g/mol. The number of hydrogen-bond acceptors (Lipinski definition) is 2. The third-order valence-electron chi connectivity index (χ3n) is 5.26. The van der Waals surface area contributed by atoms with Crippen LogP contribution < -0.4 is 10.6 Å². The molecule has 0 saturated heterocycles. The largest absolute Gasteiger partial charge is 0.354 e. The van der Waals surface area contributed by atoms with E-state index in [0.29, 0.717) is 23.7 Å². The van der Waals surface area contributed by atoms with Crippen LogP contribution in [0.2, 0.25) is 0 Å². The van der Waals surface area contributed by atoms with Crippen molar-refractivity contribution in [2.45, 2.75) is 38.1 Å². The SMILES string of the molecule is Cl.O=C(NCC1NCCc2ccccc21)C(C1CC1)C1CC1. The molecule has 1 heterocycles. The van der Waals surface area contributed by atoms with E-state index < -0.39 is 0 Å². The molecule has 0 spiro atoms. The first-order chi connectivity index (χ1) is 10.3. The number of carbonyl (C=O) groups excluding carboxylic acids is 1. The van der Waals surface area contributed by atoms with Gasteiger partial charge < -0.3 is 10.6 Å². The standard InChI is InChI=1S/C18H24N2O.ClH/c21-18(17(13-5-6-13)14-7-8-14)20-11-16-15-4-2-1-3-12(15)9-10-19-16;/h1-4,13-14,16-17,19H,5-11H2,(H,20,21);1H. The molecular weight excluding hydrogens is 296 g/mol. The molecule has 1 amide bonds. The van der Waals surface area contributed by atoms with Gasteiger partial charge in [-0.1, -0.05) is 24.3 Å². The Morgan fingerprint density at radius 3 is 2.55 bits per heavy atom. The van der Waals surface area contributed by atoms with Crippen LogP contribution >= 0.6 is 12.4 Å². The molecule has 4 rings (SSSR count). The average Bonchev–Trinajstić information content (AvgIpc) is 3.40. The minimum atomic E-state index is 0. The maximum absolute atomic E-state index is 12.5. The maximum Gasteiger partial charge on any atom is 0.223 e. The third-order valence-corrected chi connectivity index (χ3v) is 5.26. The molecule has 0 radical (unpaired) electrons. The zero-order chi connectivity index (χ0) is 14.2. The van der Waals surface area contributed by atoms with Crippen LogP contribution in [0.4, 0.5) is 0 Å². The van der Waals surface area contributed by atoms with Crippen molar-refractivity contribution in [3.05, 3.63) is 35.4 Å². The number of benzene rings is 1. The van der Waals surface area contributed by atoms with Crippen LogP contribution in [0, 0.1) is 17.8 Å². The highest BCUT2D eigenvalue weighted by Gasteiger charge is 2.45. The summed E-state index contributed by atoms with van der Waals surface area (Å²) in [7, 11) is 0. The lowest BCUT2D eigenvalue weighted by Crippen LogP contribution is -2.41. The summed E-state index contributed by atoms with van der Waals surface area (Å²) in [4.78, 5) is 12.5. The first-order valence-corrected chi connectivity index (χ1v) is 8.42. The summed E-state index contributed by atoms with van der Waals surface area (Å²) in [5.74, 6) is 1.99. The zero-order valence-corrected chi connectivity index (χ0v) is 13.7. The Hall–Kier alpha value is -1.06. The van der Waals surface area contributed by atoms with Crippen molar-refractivity contribution in [1.29, 1.82) is 0 Å². The van der Waals surface area contributed by atoms with Gasteiger partial charge in [-0.25, -0.2) is 0 Å². The Kier molecular flexibility index (Phi) is 4.74. The zero-order valence-electron chi connectivity index (χ0n) is 12.9. The monoisotopic (exact) mass is 320 g/mol. The molecule has 0 bridgehead atoms. The van der Waals surface area contributed by atoms with Gasteiger partial charge in [-0.2, -0.15) is 0 Å². The molecule has 1 aliphatic heterocycles. The summed E-state index contributed by atoms with van der Waals surface area (Å²) >= 11 is 0. The van der Waals surface area contributed by atoms with E-state index in [2.05, 4.69) is 34.9 Å². The molecule has 1 atom stereocenters. The van der Waals surface area contributed by atoms with Gasteiger partial charge in [0.05, 0.1) is 0 Å². The molecular formula is C18H25ClN2O. The normalized spacial score (nSPS) is 23.6. The Labute approximate surface area is 138 Å². The molecule has 1 aromatic rings. The summed E-state index contributed by atoms with van der Waals surface area (Å²) in [6.07, 6.45) is 6.14. The number of nitrogens with one attached hydrogen (secondary N) is 2. The van der Waals surface area contributed by atoms with Crippen molar-refractivity contribution in [1.82, 2.24) is 10.6 Å². The van der Waals surface area contributed by atoms with Crippen LogP contribution in [0.3, 0.4) is 0 Å². The Morgan fingerprint density at radius 1 is 1.18 bits per heavy atom. The van der Waals surface area contributed by atoms with Crippen LogP contribution in [-0.2, 0) is 11.2 Å². The van der Waals surface area contributed by atoms with Crippen LogP contribution in [0.25, 0.3) is 0 Å². The van der Waals surface area contributed by atoms with E-state index in [1.54, 1.807) is 0 Å². The quantitative estimate of drug-likeness (QED) is 0.876. The van der Waals surface area contributed by atoms with Crippen molar-refractivity contribution in [2.24, 2.45) is 17.8 Å². The van der Waals surface area contributed by atoms with E-state index in [1.165, 1.54) is 36.8 Å². The Morgan fingerprint density at radius 2 is 1.86 bits per heavy atom. The van der Waals surface area contributed by atoms with Gasteiger partial charge in [-0.05, 0) is 61.6 Å². The second-order valence-corrected chi connectivity index (χ2v) is 6.90. The summed E-state index contributed by atoms with van der Waals surface area (Å²) in [6.45, 7) is 1.73. The van der Waals surface area contributed by atoms with E-state index in [-0.39, 0.29) is 18.4 Å². The van der Waals surface area contributed by atoms with E-state index in [9.17, 15) is 4.79 Å². The van der Waals surface area contributed by atoms with Gasteiger partial charge in [0.2, 0.25) is 5.91 Å². The van der Waals surface area contributed by atoms with Crippen molar-refractivity contribution < 1.29 is 4.79 Å². The van der Waals surface area contributed by atoms with Crippen molar-refractivity contribution >= 4 is 18.3 Å². The number of hydrogen-bond donors (Lipinski definition) is 2. The molecule has 2 N–H and O–H groups in total. The fourth-order valence-corrected chi connectivity index (χ4v) is 3.82. The highest BCUT2D eigenvalue weighted by molar-refractivity contribution is 5.85. The molecule has 0 aromatic heterocycles. The molecule has 3 aliphatic rings.